The van der Waals surface area contributed by atoms with Gasteiger partial charge < -0.3 is 5.32 Å². The molecule has 2 fully saturated rings. The maximum absolute atomic E-state index is 3.61. The second-order valence-corrected chi connectivity index (χ2v) is 7.18. The summed E-state index contributed by atoms with van der Waals surface area (Å²) in [5.41, 5.74) is 0. The van der Waals surface area contributed by atoms with Crippen LogP contribution in [-0.2, 0) is 0 Å². The minimum Gasteiger partial charge on any atom is -0.317 e. The molecular formula is C17H33N. The van der Waals surface area contributed by atoms with E-state index in [-0.39, 0.29) is 0 Å². The molecule has 2 saturated carbocycles. The molecule has 0 spiro atoms. The maximum atomic E-state index is 3.61. The summed E-state index contributed by atoms with van der Waals surface area (Å²) in [4.78, 5) is 0. The van der Waals surface area contributed by atoms with Gasteiger partial charge in [-0.3, -0.25) is 0 Å². The Morgan fingerprint density at radius 1 is 0.944 bits per heavy atom. The third-order valence-electron chi connectivity index (χ3n) is 5.55. The largest absolute Gasteiger partial charge is 0.317 e. The molecule has 0 aromatic heterocycles. The summed E-state index contributed by atoms with van der Waals surface area (Å²) in [5.74, 6) is 5.00. The molecule has 2 aliphatic rings. The van der Waals surface area contributed by atoms with Crippen LogP contribution in [-0.4, -0.2) is 13.1 Å². The normalized spacial score (nSPS) is 41.8. The summed E-state index contributed by atoms with van der Waals surface area (Å²) in [6, 6.07) is 0. The molecule has 2 aliphatic carbocycles. The minimum atomic E-state index is 0.969. The Balaban J connectivity index is 1.95. The zero-order chi connectivity index (χ0) is 13.0. The summed E-state index contributed by atoms with van der Waals surface area (Å²) in [5, 5.41) is 3.61. The van der Waals surface area contributed by atoms with Crippen LogP contribution in [0.1, 0.15) is 65.7 Å². The van der Waals surface area contributed by atoms with E-state index in [9.17, 15) is 0 Å². The second kappa shape index (κ2) is 6.93. The van der Waals surface area contributed by atoms with Crippen molar-refractivity contribution in [3.63, 3.8) is 0 Å². The highest BCUT2D eigenvalue weighted by Gasteiger charge is 2.35. The molecule has 0 aromatic carbocycles. The minimum absolute atomic E-state index is 0.969. The SMILES string of the molecule is CCNCC1CCC(C)CC1C1CCCC(C)C1. The number of hydrogen-bond acceptors (Lipinski definition) is 1. The molecule has 0 bridgehead atoms. The zero-order valence-corrected chi connectivity index (χ0v) is 12.8. The third kappa shape index (κ3) is 3.73. The van der Waals surface area contributed by atoms with Crippen molar-refractivity contribution in [2.45, 2.75) is 65.7 Å². The van der Waals surface area contributed by atoms with Crippen molar-refractivity contribution in [2.24, 2.45) is 29.6 Å². The highest BCUT2D eigenvalue weighted by molar-refractivity contribution is 4.86. The van der Waals surface area contributed by atoms with Gasteiger partial charge in [0.15, 0.2) is 0 Å². The molecular weight excluding hydrogens is 218 g/mol. The van der Waals surface area contributed by atoms with E-state index in [1.54, 1.807) is 0 Å². The average molecular weight is 251 g/mol. The summed E-state index contributed by atoms with van der Waals surface area (Å²) in [7, 11) is 0. The Morgan fingerprint density at radius 2 is 1.72 bits per heavy atom. The van der Waals surface area contributed by atoms with E-state index in [0.29, 0.717) is 0 Å². The summed E-state index contributed by atoms with van der Waals surface area (Å²) in [6.45, 7) is 9.60. The van der Waals surface area contributed by atoms with Crippen LogP contribution in [0.4, 0.5) is 0 Å². The van der Waals surface area contributed by atoms with Gasteiger partial charge in [-0.25, -0.2) is 0 Å². The van der Waals surface area contributed by atoms with Crippen LogP contribution in [0.15, 0.2) is 0 Å². The molecule has 5 atom stereocenters. The third-order valence-corrected chi connectivity index (χ3v) is 5.55. The second-order valence-electron chi connectivity index (χ2n) is 7.18. The monoisotopic (exact) mass is 251 g/mol. The van der Waals surface area contributed by atoms with Crippen LogP contribution in [0.25, 0.3) is 0 Å². The number of rotatable bonds is 4. The van der Waals surface area contributed by atoms with Crippen molar-refractivity contribution < 1.29 is 0 Å². The fourth-order valence-corrected chi connectivity index (χ4v) is 4.52. The maximum Gasteiger partial charge on any atom is -0.00179 e. The summed E-state index contributed by atoms with van der Waals surface area (Å²) < 4.78 is 0. The van der Waals surface area contributed by atoms with Gasteiger partial charge in [0.2, 0.25) is 0 Å². The molecule has 106 valence electrons. The van der Waals surface area contributed by atoms with Crippen LogP contribution in [0.3, 0.4) is 0 Å². The molecule has 1 N–H and O–H groups in total. The lowest BCUT2D eigenvalue weighted by Gasteiger charge is -2.42. The smallest absolute Gasteiger partial charge is 0.00179 e. The fourth-order valence-electron chi connectivity index (χ4n) is 4.52. The highest BCUT2D eigenvalue weighted by Crippen LogP contribution is 2.44. The van der Waals surface area contributed by atoms with Gasteiger partial charge in [0.1, 0.15) is 0 Å². The molecule has 0 radical (unpaired) electrons. The first-order chi connectivity index (χ1) is 8.70. The standard InChI is InChI=1S/C17H33N/c1-4-18-12-16-9-8-14(3)11-17(16)15-7-5-6-13(2)10-15/h13-18H,4-12H2,1-3H3. The van der Waals surface area contributed by atoms with Crippen molar-refractivity contribution in [1.29, 1.82) is 0 Å². The van der Waals surface area contributed by atoms with E-state index in [2.05, 4.69) is 26.1 Å². The highest BCUT2D eigenvalue weighted by atomic mass is 14.8. The Hall–Kier alpha value is -0.0400. The molecule has 5 unspecified atom stereocenters. The number of hydrogen-bond donors (Lipinski definition) is 1. The van der Waals surface area contributed by atoms with Gasteiger partial charge >= 0.3 is 0 Å². The number of nitrogens with one attached hydrogen (secondary N) is 1. The van der Waals surface area contributed by atoms with Gasteiger partial charge in [-0.15, -0.1) is 0 Å². The van der Waals surface area contributed by atoms with E-state index < -0.39 is 0 Å². The summed E-state index contributed by atoms with van der Waals surface area (Å²) in [6.07, 6.45) is 10.5. The molecule has 2 rings (SSSR count). The van der Waals surface area contributed by atoms with Crippen molar-refractivity contribution in [2.75, 3.05) is 13.1 Å². The molecule has 1 nitrogen and oxygen atoms in total. The molecule has 1 heteroatoms. The van der Waals surface area contributed by atoms with Crippen molar-refractivity contribution in [3.8, 4) is 0 Å². The van der Waals surface area contributed by atoms with Gasteiger partial charge in [-0.05, 0) is 61.9 Å². The van der Waals surface area contributed by atoms with Gasteiger partial charge in [-0.2, -0.15) is 0 Å². The molecule has 0 aliphatic heterocycles. The van der Waals surface area contributed by atoms with Crippen molar-refractivity contribution in [1.82, 2.24) is 5.32 Å². The topological polar surface area (TPSA) is 12.0 Å². The van der Waals surface area contributed by atoms with Crippen LogP contribution >= 0.6 is 0 Å². The van der Waals surface area contributed by atoms with Crippen LogP contribution in [0, 0.1) is 29.6 Å². The Bertz CT molecular complexity index is 236. The lowest BCUT2D eigenvalue weighted by Crippen LogP contribution is -2.37. The Morgan fingerprint density at radius 3 is 2.44 bits per heavy atom. The zero-order valence-electron chi connectivity index (χ0n) is 12.8. The van der Waals surface area contributed by atoms with Crippen LogP contribution in [0.5, 0.6) is 0 Å². The van der Waals surface area contributed by atoms with Gasteiger partial charge in [0.25, 0.3) is 0 Å². The van der Waals surface area contributed by atoms with Gasteiger partial charge in [0.05, 0.1) is 0 Å². The molecule has 0 aromatic rings. The summed E-state index contributed by atoms with van der Waals surface area (Å²) >= 11 is 0. The Kier molecular flexibility index (Phi) is 5.54. The van der Waals surface area contributed by atoms with Crippen molar-refractivity contribution >= 4 is 0 Å². The lowest BCUT2D eigenvalue weighted by molar-refractivity contribution is 0.0870. The quantitative estimate of drug-likeness (QED) is 0.777. The molecule has 0 heterocycles. The molecule has 0 saturated heterocycles. The van der Waals surface area contributed by atoms with Gasteiger partial charge in [0, 0.05) is 0 Å². The van der Waals surface area contributed by atoms with E-state index in [1.165, 1.54) is 51.5 Å². The Labute approximate surface area is 114 Å². The van der Waals surface area contributed by atoms with E-state index in [1.807, 2.05) is 0 Å². The average Bonchev–Trinajstić information content (AvgIpc) is 2.37. The van der Waals surface area contributed by atoms with Crippen LogP contribution in [0.2, 0.25) is 0 Å². The van der Waals surface area contributed by atoms with Crippen LogP contribution < -0.4 is 5.32 Å². The van der Waals surface area contributed by atoms with Gasteiger partial charge in [-0.1, -0.05) is 46.5 Å². The first kappa shape index (κ1) is 14.4. The van der Waals surface area contributed by atoms with E-state index in [4.69, 9.17) is 0 Å². The van der Waals surface area contributed by atoms with E-state index >= 15 is 0 Å². The molecule has 0 amide bonds. The predicted molar refractivity (Wildman–Crippen MR) is 79.7 cm³/mol. The first-order valence-corrected chi connectivity index (χ1v) is 8.41. The lowest BCUT2D eigenvalue weighted by atomic mass is 9.64. The fraction of sp³-hybridized carbons (Fsp3) is 1.00. The van der Waals surface area contributed by atoms with E-state index in [0.717, 1.165) is 36.1 Å². The predicted octanol–water partition coefficient (Wildman–Crippen LogP) is 4.47. The van der Waals surface area contributed by atoms with Crippen molar-refractivity contribution in [3.05, 3.63) is 0 Å². The first-order valence-electron chi connectivity index (χ1n) is 8.41. The molecule has 18 heavy (non-hydrogen) atoms.